The highest BCUT2D eigenvalue weighted by Crippen LogP contribution is 2.34. The van der Waals surface area contributed by atoms with Gasteiger partial charge < -0.3 is 20.5 Å². The van der Waals surface area contributed by atoms with Crippen LogP contribution in [0.1, 0.15) is 33.6 Å². The summed E-state index contributed by atoms with van der Waals surface area (Å²) in [6, 6.07) is 10.7. The van der Waals surface area contributed by atoms with Gasteiger partial charge in [0.1, 0.15) is 11.6 Å². The molecule has 1 saturated carbocycles. The summed E-state index contributed by atoms with van der Waals surface area (Å²) in [4.78, 5) is 36.3. The Morgan fingerprint density at radius 1 is 1.00 bits per heavy atom. The van der Waals surface area contributed by atoms with Gasteiger partial charge in [-0.05, 0) is 54.8 Å². The van der Waals surface area contributed by atoms with Gasteiger partial charge in [0.25, 0.3) is 15.7 Å². The molecule has 0 heterocycles. The minimum absolute atomic E-state index is 0.0596. The summed E-state index contributed by atoms with van der Waals surface area (Å²) < 4.78 is 82.1. The lowest BCUT2D eigenvalue weighted by molar-refractivity contribution is -0.123. The second kappa shape index (κ2) is 11.2. The van der Waals surface area contributed by atoms with Crippen molar-refractivity contribution in [2.45, 2.75) is 29.3 Å². The monoisotopic (exact) mass is 594 g/mol. The lowest BCUT2D eigenvalue weighted by Crippen LogP contribution is -2.51. The maximum atomic E-state index is 14.9. The second-order valence-electron chi connectivity index (χ2n) is 9.15. The number of anilines is 1. The van der Waals surface area contributed by atoms with Crippen LogP contribution in [-0.2, 0) is 14.6 Å². The van der Waals surface area contributed by atoms with Crippen LogP contribution in [-0.4, -0.2) is 50.0 Å². The minimum atomic E-state index is -5.62. The number of hydrogen-bond acceptors (Lipinski definition) is 6. The summed E-state index contributed by atoms with van der Waals surface area (Å²) in [5.74, 6) is -4.25. The zero-order valence-corrected chi connectivity index (χ0v) is 22.0. The molecule has 0 saturated heterocycles. The van der Waals surface area contributed by atoms with Crippen LogP contribution in [0.3, 0.4) is 0 Å². The molecule has 3 aromatic carbocycles. The van der Waals surface area contributed by atoms with Crippen LogP contribution >= 0.6 is 0 Å². The Bertz CT molecular complexity index is 1640. The number of amides is 2. The summed E-state index contributed by atoms with van der Waals surface area (Å²) in [6.45, 7) is 0. The van der Waals surface area contributed by atoms with Gasteiger partial charge in [0.2, 0.25) is 5.91 Å². The van der Waals surface area contributed by atoms with Crippen LogP contribution in [0.4, 0.5) is 23.2 Å². The van der Waals surface area contributed by atoms with E-state index in [-0.39, 0.29) is 33.7 Å². The standard InChI is InChI=1S/C27H22F4N2O7S/c1-40-23-13-21(28)19(14-4-2-5-15(10-14)26(36)37)12-20(23)25(35)33-22-9-8-18(22)24(34)32-16-6-3-7-17(11-16)41(38,39)27(29,30)31/h2-7,10-13,18,22H,8-9H2,1H3,(H,32,34)(H,33,35)(H,36,37)/t18-,22+/m0/s1. The van der Waals surface area contributed by atoms with Crippen LogP contribution in [0, 0.1) is 11.7 Å². The predicted octanol–water partition coefficient (Wildman–Crippen LogP) is 4.64. The second-order valence-corrected chi connectivity index (χ2v) is 11.1. The fraction of sp³-hybridized carbons (Fsp3) is 0.222. The van der Waals surface area contributed by atoms with Crippen molar-refractivity contribution < 1.29 is 50.2 Å². The van der Waals surface area contributed by atoms with Crippen LogP contribution in [0.15, 0.2) is 65.6 Å². The number of sulfone groups is 1. The summed E-state index contributed by atoms with van der Waals surface area (Å²) in [5.41, 5.74) is -5.72. The van der Waals surface area contributed by atoms with Crippen LogP contribution in [0.5, 0.6) is 5.75 Å². The number of aromatic carboxylic acids is 1. The number of nitrogens with one attached hydrogen (secondary N) is 2. The number of halogens is 4. The average Bonchev–Trinajstić information content (AvgIpc) is 2.90. The molecule has 3 N–H and O–H groups in total. The first-order valence-electron chi connectivity index (χ1n) is 12.0. The summed E-state index contributed by atoms with van der Waals surface area (Å²) >= 11 is 0. The van der Waals surface area contributed by atoms with Crippen LogP contribution < -0.4 is 15.4 Å². The molecule has 14 heteroatoms. The SMILES string of the molecule is COc1cc(F)c(-c2cccc(C(=O)O)c2)cc1C(=O)N[C@@H]1CC[C@@H]1C(=O)Nc1cccc(S(=O)(=O)C(F)(F)F)c1. The third kappa shape index (κ3) is 6.01. The summed E-state index contributed by atoms with van der Waals surface area (Å²) in [5, 5.41) is 14.3. The Hall–Kier alpha value is -4.46. The van der Waals surface area contributed by atoms with Gasteiger partial charge in [-0.2, -0.15) is 13.2 Å². The van der Waals surface area contributed by atoms with E-state index >= 15 is 0 Å². The summed E-state index contributed by atoms with van der Waals surface area (Å²) in [6.07, 6.45) is 0.703. The normalized spacial score (nSPS) is 16.8. The molecule has 1 aliphatic rings. The van der Waals surface area contributed by atoms with E-state index in [0.717, 1.165) is 18.2 Å². The van der Waals surface area contributed by atoms with E-state index in [9.17, 15) is 45.5 Å². The number of rotatable bonds is 8. The van der Waals surface area contributed by atoms with Crippen molar-refractivity contribution in [1.29, 1.82) is 0 Å². The molecular weight excluding hydrogens is 572 g/mol. The molecule has 3 aromatic rings. The maximum absolute atomic E-state index is 14.9. The van der Waals surface area contributed by atoms with Crippen molar-refractivity contribution in [2.75, 3.05) is 12.4 Å². The number of alkyl halides is 3. The molecule has 0 bridgehead atoms. The van der Waals surface area contributed by atoms with Crippen LogP contribution in [0.25, 0.3) is 11.1 Å². The molecule has 41 heavy (non-hydrogen) atoms. The highest BCUT2D eigenvalue weighted by Gasteiger charge is 2.47. The first-order chi connectivity index (χ1) is 19.2. The van der Waals surface area contributed by atoms with E-state index in [0.29, 0.717) is 18.9 Å². The van der Waals surface area contributed by atoms with Gasteiger partial charge in [0.05, 0.1) is 29.1 Å². The predicted molar refractivity (Wildman–Crippen MR) is 138 cm³/mol. The van der Waals surface area contributed by atoms with Crippen molar-refractivity contribution >= 4 is 33.3 Å². The smallest absolute Gasteiger partial charge is 0.496 e. The van der Waals surface area contributed by atoms with Gasteiger partial charge in [-0.15, -0.1) is 0 Å². The van der Waals surface area contributed by atoms with E-state index in [1.807, 2.05) is 0 Å². The molecule has 0 radical (unpaired) electrons. The van der Waals surface area contributed by atoms with Gasteiger partial charge >= 0.3 is 11.5 Å². The minimum Gasteiger partial charge on any atom is -0.496 e. The highest BCUT2D eigenvalue weighted by atomic mass is 32.2. The Labute approximate surface area is 231 Å². The third-order valence-electron chi connectivity index (χ3n) is 6.60. The van der Waals surface area contributed by atoms with Gasteiger partial charge in [-0.25, -0.2) is 17.6 Å². The van der Waals surface area contributed by atoms with Gasteiger partial charge in [-0.3, -0.25) is 9.59 Å². The number of carbonyl (C=O) groups is 3. The van der Waals surface area contributed by atoms with Crippen molar-refractivity contribution in [2.24, 2.45) is 5.92 Å². The van der Waals surface area contributed by atoms with E-state index in [4.69, 9.17) is 4.74 Å². The molecule has 0 aliphatic heterocycles. The van der Waals surface area contributed by atoms with Crippen molar-refractivity contribution in [3.8, 4) is 16.9 Å². The number of hydrogen-bond donors (Lipinski definition) is 3. The first-order valence-corrected chi connectivity index (χ1v) is 13.5. The number of carbonyl (C=O) groups excluding carboxylic acids is 2. The fourth-order valence-corrected chi connectivity index (χ4v) is 5.09. The van der Waals surface area contributed by atoms with E-state index in [2.05, 4.69) is 10.6 Å². The zero-order chi connectivity index (χ0) is 30.1. The Morgan fingerprint density at radius 3 is 2.32 bits per heavy atom. The Morgan fingerprint density at radius 2 is 1.71 bits per heavy atom. The van der Waals surface area contributed by atoms with Crippen molar-refractivity contribution in [1.82, 2.24) is 5.32 Å². The number of carboxylic acid groups (broad SMARTS) is 1. The van der Waals surface area contributed by atoms with E-state index < -0.39 is 55.8 Å². The molecule has 1 aliphatic carbocycles. The van der Waals surface area contributed by atoms with Crippen molar-refractivity contribution in [3.05, 3.63) is 77.6 Å². The average molecular weight is 595 g/mol. The highest BCUT2D eigenvalue weighted by molar-refractivity contribution is 7.92. The molecule has 216 valence electrons. The number of methoxy groups -OCH3 is 1. The zero-order valence-electron chi connectivity index (χ0n) is 21.2. The van der Waals surface area contributed by atoms with Gasteiger partial charge in [0.15, 0.2) is 0 Å². The topological polar surface area (TPSA) is 139 Å². The molecule has 0 unspecified atom stereocenters. The van der Waals surface area contributed by atoms with Gasteiger partial charge in [0, 0.05) is 23.4 Å². The lowest BCUT2D eigenvalue weighted by Gasteiger charge is -2.36. The van der Waals surface area contributed by atoms with Crippen LogP contribution in [0.2, 0.25) is 0 Å². The number of benzene rings is 3. The molecular formula is C27H22F4N2O7S. The molecule has 1 fully saturated rings. The lowest BCUT2D eigenvalue weighted by atomic mass is 9.78. The van der Waals surface area contributed by atoms with Crippen molar-refractivity contribution in [3.63, 3.8) is 0 Å². The fourth-order valence-electron chi connectivity index (χ4n) is 4.28. The number of carboxylic acids is 1. The molecule has 0 aromatic heterocycles. The maximum Gasteiger partial charge on any atom is 0.501 e. The van der Waals surface area contributed by atoms with E-state index in [1.165, 1.54) is 43.5 Å². The third-order valence-corrected chi connectivity index (χ3v) is 8.08. The molecule has 2 amide bonds. The van der Waals surface area contributed by atoms with Gasteiger partial charge in [-0.1, -0.05) is 18.2 Å². The first kappa shape index (κ1) is 29.5. The quantitative estimate of drug-likeness (QED) is 0.323. The Balaban J connectivity index is 1.52. The van der Waals surface area contributed by atoms with E-state index in [1.54, 1.807) is 0 Å². The number of ether oxygens (including phenoxy) is 1. The molecule has 4 rings (SSSR count). The summed E-state index contributed by atoms with van der Waals surface area (Å²) in [7, 11) is -4.39. The molecule has 2 atom stereocenters. The molecule has 9 nitrogen and oxygen atoms in total. The Kier molecular flexibility index (Phi) is 8.06. The molecule has 0 spiro atoms. The largest absolute Gasteiger partial charge is 0.501 e.